The van der Waals surface area contributed by atoms with Crippen LogP contribution in [0.1, 0.15) is 25.0 Å². The van der Waals surface area contributed by atoms with Crippen molar-refractivity contribution in [2.75, 3.05) is 9.80 Å². The minimum atomic E-state index is -0.263. The van der Waals surface area contributed by atoms with Crippen LogP contribution >= 0.6 is 0 Å². The van der Waals surface area contributed by atoms with Crippen LogP contribution in [0, 0.1) is 0 Å². The van der Waals surface area contributed by atoms with Gasteiger partial charge in [0.1, 0.15) is 0 Å². The molecule has 10 rings (SSSR count). The number of benzene rings is 8. The second kappa shape index (κ2) is 12.7. The molecule has 0 saturated heterocycles. The standard InChI is InChI=1S/C51H38N2O/c1-51(2)44-20-9-10-21-45(44)53-46-22-11-12-23-47(46)54-48-33-32-43(49(51)50(48)53)39-17-13-16-38(34-39)37-26-30-42(31-27-37)52(40-18-7-4-8-19-40)41-28-24-36(25-29-41)35-14-5-3-6-15-35/h3-34H,1-2H3. The summed E-state index contributed by atoms with van der Waals surface area (Å²) >= 11 is 0. The van der Waals surface area contributed by atoms with Crippen LogP contribution in [0.2, 0.25) is 0 Å². The molecule has 2 heterocycles. The molecule has 0 atom stereocenters. The van der Waals surface area contributed by atoms with Crippen LogP contribution in [0.4, 0.5) is 34.1 Å². The zero-order chi connectivity index (χ0) is 36.2. The van der Waals surface area contributed by atoms with Gasteiger partial charge in [-0.15, -0.1) is 0 Å². The number of hydrogen-bond acceptors (Lipinski definition) is 3. The summed E-state index contributed by atoms with van der Waals surface area (Å²) in [5.74, 6) is 1.76. The van der Waals surface area contributed by atoms with E-state index in [-0.39, 0.29) is 5.41 Å². The maximum Gasteiger partial charge on any atom is 0.151 e. The Kier molecular flexibility index (Phi) is 7.48. The summed E-state index contributed by atoms with van der Waals surface area (Å²) in [6, 6.07) is 69.4. The number of ether oxygens (including phenoxy) is 1. The Morgan fingerprint density at radius 1 is 0.426 bits per heavy atom. The van der Waals surface area contributed by atoms with Crippen LogP contribution in [0.3, 0.4) is 0 Å². The van der Waals surface area contributed by atoms with Crippen LogP contribution in [-0.2, 0) is 5.41 Å². The Balaban J connectivity index is 1.03. The van der Waals surface area contributed by atoms with Gasteiger partial charge in [-0.05, 0) is 111 Å². The molecule has 0 amide bonds. The highest BCUT2D eigenvalue weighted by Gasteiger charge is 2.43. The predicted molar refractivity (Wildman–Crippen MR) is 224 cm³/mol. The lowest BCUT2D eigenvalue weighted by Crippen LogP contribution is -2.33. The van der Waals surface area contributed by atoms with Crippen LogP contribution in [0.5, 0.6) is 11.5 Å². The third-order valence-electron chi connectivity index (χ3n) is 11.0. The van der Waals surface area contributed by atoms with E-state index in [9.17, 15) is 0 Å². The molecule has 0 radical (unpaired) electrons. The maximum atomic E-state index is 6.59. The molecule has 8 aromatic carbocycles. The summed E-state index contributed by atoms with van der Waals surface area (Å²) in [5, 5.41) is 0. The predicted octanol–water partition coefficient (Wildman–Crippen LogP) is 14.4. The van der Waals surface area contributed by atoms with Gasteiger partial charge in [0.2, 0.25) is 0 Å². The highest BCUT2D eigenvalue weighted by Crippen LogP contribution is 2.61. The second-order valence-corrected chi connectivity index (χ2v) is 14.6. The van der Waals surface area contributed by atoms with Crippen molar-refractivity contribution in [1.29, 1.82) is 0 Å². The smallest absolute Gasteiger partial charge is 0.151 e. The first kappa shape index (κ1) is 31.9. The van der Waals surface area contributed by atoms with Crippen molar-refractivity contribution in [3.8, 4) is 44.9 Å². The average Bonchev–Trinajstić information content (AvgIpc) is 3.23. The molecular formula is C51H38N2O. The number of nitrogens with zero attached hydrogens (tertiary/aromatic N) is 2. The Bertz CT molecular complexity index is 2650. The molecule has 0 bridgehead atoms. The minimum Gasteiger partial charge on any atom is -0.453 e. The molecule has 0 spiro atoms. The third kappa shape index (κ3) is 5.20. The minimum absolute atomic E-state index is 0.263. The van der Waals surface area contributed by atoms with Gasteiger partial charge in [-0.1, -0.05) is 141 Å². The van der Waals surface area contributed by atoms with Crippen LogP contribution in [0.25, 0.3) is 33.4 Å². The monoisotopic (exact) mass is 694 g/mol. The molecule has 0 N–H and O–H groups in total. The van der Waals surface area contributed by atoms with Crippen molar-refractivity contribution in [2.45, 2.75) is 19.3 Å². The molecular weight excluding hydrogens is 657 g/mol. The first-order chi connectivity index (χ1) is 26.5. The fourth-order valence-corrected chi connectivity index (χ4v) is 8.43. The largest absolute Gasteiger partial charge is 0.453 e. The molecule has 54 heavy (non-hydrogen) atoms. The Morgan fingerprint density at radius 2 is 0.963 bits per heavy atom. The van der Waals surface area contributed by atoms with E-state index in [0.717, 1.165) is 39.9 Å². The Hall–Kier alpha value is -6.84. The lowest BCUT2D eigenvalue weighted by molar-refractivity contribution is 0.471. The van der Waals surface area contributed by atoms with E-state index >= 15 is 0 Å². The molecule has 3 heteroatoms. The van der Waals surface area contributed by atoms with Gasteiger partial charge in [-0.2, -0.15) is 0 Å². The highest BCUT2D eigenvalue weighted by atomic mass is 16.5. The number of rotatable bonds is 6. The molecule has 0 unspecified atom stereocenters. The highest BCUT2D eigenvalue weighted by molar-refractivity contribution is 5.97. The normalized spacial score (nSPS) is 13.3. The number of para-hydroxylation sites is 4. The molecule has 8 aromatic rings. The van der Waals surface area contributed by atoms with Gasteiger partial charge in [0.25, 0.3) is 0 Å². The topological polar surface area (TPSA) is 15.7 Å². The lowest BCUT2D eigenvalue weighted by atomic mass is 9.70. The van der Waals surface area contributed by atoms with E-state index < -0.39 is 0 Å². The first-order valence-corrected chi connectivity index (χ1v) is 18.6. The van der Waals surface area contributed by atoms with Gasteiger partial charge in [-0.25, -0.2) is 0 Å². The summed E-state index contributed by atoms with van der Waals surface area (Å²) in [6.45, 7) is 4.69. The van der Waals surface area contributed by atoms with E-state index in [1.165, 1.54) is 50.2 Å². The van der Waals surface area contributed by atoms with Crippen molar-refractivity contribution in [1.82, 2.24) is 0 Å². The summed E-state index contributed by atoms with van der Waals surface area (Å²) in [6.07, 6.45) is 0. The van der Waals surface area contributed by atoms with Crippen LogP contribution in [-0.4, -0.2) is 0 Å². The number of fused-ring (bicyclic) bond motifs is 4. The number of hydrogen-bond donors (Lipinski definition) is 0. The molecule has 3 nitrogen and oxygen atoms in total. The molecule has 2 aliphatic heterocycles. The van der Waals surface area contributed by atoms with E-state index in [4.69, 9.17) is 4.74 Å². The van der Waals surface area contributed by atoms with Crippen molar-refractivity contribution in [3.05, 3.63) is 205 Å². The fraction of sp³-hybridized carbons (Fsp3) is 0.0588. The van der Waals surface area contributed by atoms with Gasteiger partial charge in [-0.3, -0.25) is 0 Å². The summed E-state index contributed by atoms with van der Waals surface area (Å²) in [7, 11) is 0. The number of anilines is 6. The zero-order valence-electron chi connectivity index (χ0n) is 30.3. The lowest BCUT2D eigenvalue weighted by Gasteiger charge is -2.45. The molecule has 258 valence electrons. The van der Waals surface area contributed by atoms with Gasteiger partial charge in [0.15, 0.2) is 11.5 Å². The average molecular weight is 695 g/mol. The van der Waals surface area contributed by atoms with E-state index in [0.29, 0.717) is 0 Å². The second-order valence-electron chi connectivity index (χ2n) is 14.6. The van der Waals surface area contributed by atoms with Crippen LogP contribution < -0.4 is 14.5 Å². The summed E-state index contributed by atoms with van der Waals surface area (Å²) < 4.78 is 6.59. The fourth-order valence-electron chi connectivity index (χ4n) is 8.43. The molecule has 2 aliphatic rings. The quantitative estimate of drug-likeness (QED) is 0.172. The van der Waals surface area contributed by atoms with E-state index in [1.807, 2.05) is 6.07 Å². The zero-order valence-corrected chi connectivity index (χ0v) is 30.3. The third-order valence-corrected chi connectivity index (χ3v) is 11.0. The summed E-state index contributed by atoms with van der Waals surface area (Å²) in [4.78, 5) is 4.72. The Morgan fingerprint density at radius 3 is 1.69 bits per heavy atom. The van der Waals surface area contributed by atoms with Gasteiger partial charge < -0.3 is 14.5 Å². The Labute approximate surface area is 317 Å². The van der Waals surface area contributed by atoms with Gasteiger partial charge >= 0.3 is 0 Å². The van der Waals surface area contributed by atoms with Crippen molar-refractivity contribution >= 4 is 34.1 Å². The molecule has 0 fully saturated rings. The van der Waals surface area contributed by atoms with Crippen molar-refractivity contribution in [3.63, 3.8) is 0 Å². The molecule has 0 saturated carbocycles. The molecule has 0 aromatic heterocycles. The van der Waals surface area contributed by atoms with Gasteiger partial charge in [0, 0.05) is 22.5 Å². The first-order valence-electron chi connectivity index (χ1n) is 18.6. The van der Waals surface area contributed by atoms with E-state index in [1.54, 1.807) is 0 Å². The van der Waals surface area contributed by atoms with E-state index in [2.05, 4.69) is 212 Å². The maximum absolute atomic E-state index is 6.59. The van der Waals surface area contributed by atoms with Crippen molar-refractivity contribution < 1.29 is 4.74 Å². The molecule has 0 aliphatic carbocycles. The summed E-state index contributed by atoms with van der Waals surface area (Å²) in [5.41, 5.74) is 16.2. The SMILES string of the molecule is CC1(C)c2ccccc2N2c3ccccc3Oc3ccc(-c4cccc(-c5ccc(N(c6ccccc6)c6ccc(-c7ccccc7)cc6)cc5)c4)c1c32. The van der Waals surface area contributed by atoms with Crippen molar-refractivity contribution in [2.24, 2.45) is 0 Å². The van der Waals surface area contributed by atoms with Crippen LogP contribution in [0.15, 0.2) is 194 Å². The van der Waals surface area contributed by atoms with Gasteiger partial charge in [0.05, 0.1) is 17.1 Å².